The lowest BCUT2D eigenvalue weighted by Crippen LogP contribution is -2.57. The molecule has 0 atom stereocenters. The molecular weight excluding hydrogens is 495 g/mol. The Morgan fingerprint density at radius 2 is 1.84 bits per heavy atom. The minimum Gasteiger partial charge on any atom is -0.345 e. The van der Waals surface area contributed by atoms with Gasteiger partial charge in [0.15, 0.2) is 0 Å². The van der Waals surface area contributed by atoms with Gasteiger partial charge in [0.2, 0.25) is 5.95 Å². The molecule has 2 N–H and O–H groups in total. The molecule has 1 fully saturated rings. The topological polar surface area (TPSA) is 85.9 Å². The summed E-state index contributed by atoms with van der Waals surface area (Å²) >= 11 is 0. The Bertz CT molecular complexity index is 1160. The van der Waals surface area contributed by atoms with Crippen LogP contribution in [0.25, 0.3) is 0 Å². The van der Waals surface area contributed by atoms with Crippen LogP contribution in [0, 0.1) is 6.92 Å². The maximum atomic E-state index is 13.4. The SMILES string of the molecule is CC.Cc1ncc(CN(C)CCCc2cc(Nc3cc(C(F)(F)F)ccn3)nc(N3CC(F)(F)C3)n2)[nH]1. The van der Waals surface area contributed by atoms with Gasteiger partial charge in [-0.15, -0.1) is 0 Å². The van der Waals surface area contributed by atoms with Crippen molar-refractivity contribution in [2.24, 2.45) is 0 Å². The van der Waals surface area contributed by atoms with Crippen molar-refractivity contribution < 1.29 is 22.0 Å². The van der Waals surface area contributed by atoms with Gasteiger partial charge >= 0.3 is 6.18 Å². The largest absolute Gasteiger partial charge is 0.416 e. The first-order chi connectivity index (χ1) is 17.5. The number of nitrogens with zero attached hydrogens (tertiary/aromatic N) is 6. The molecule has 1 aliphatic rings. The number of imidazole rings is 1. The Kier molecular flexibility index (Phi) is 9.00. The predicted octanol–water partition coefficient (Wildman–Crippen LogP) is 5.21. The van der Waals surface area contributed by atoms with Crippen molar-refractivity contribution in [3.8, 4) is 0 Å². The van der Waals surface area contributed by atoms with E-state index in [0.717, 1.165) is 42.8 Å². The highest BCUT2D eigenvalue weighted by molar-refractivity contribution is 5.55. The molecule has 1 aliphatic heterocycles. The number of hydrogen-bond donors (Lipinski definition) is 2. The van der Waals surface area contributed by atoms with Crippen LogP contribution in [-0.4, -0.2) is 62.4 Å². The van der Waals surface area contributed by atoms with E-state index in [1.807, 2.05) is 27.8 Å². The van der Waals surface area contributed by atoms with Crippen LogP contribution in [0.1, 0.15) is 43.0 Å². The Morgan fingerprint density at radius 3 is 2.46 bits per heavy atom. The van der Waals surface area contributed by atoms with Crippen LogP contribution in [0.15, 0.2) is 30.6 Å². The first-order valence-corrected chi connectivity index (χ1v) is 12.0. The van der Waals surface area contributed by atoms with Crippen molar-refractivity contribution >= 4 is 17.6 Å². The molecule has 0 saturated carbocycles. The predicted molar refractivity (Wildman–Crippen MR) is 131 cm³/mol. The van der Waals surface area contributed by atoms with Gasteiger partial charge in [0, 0.05) is 36.4 Å². The van der Waals surface area contributed by atoms with Gasteiger partial charge in [-0.1, -0.05) is 13.8 Å². The number of halogens is 5. The minimum atomic E-state index is -4.52. The average molecular weight is 527 g/mol. The fraction of sp³-hybridized carbons (Fsp3) is 0.500. The first-order valence-electron chi connectivity index (χ1n) is 12.0. The monoisotopic (exact) mass is 526 g/mol. The van der Waals surface area contributed by atoms with Gasteiger partial charge in [-0.25, -0.2) is 23.7 Å². The van der Waals surface area contributed by atoms with Gasteiger partial charge < -0.3 is 20.1 Å². The van der Waals surface area contributed by atoms with E-state index in [0.29, 0.717) is 18.7 Å². The van der Waals surface area contributed by atoms with E-state index in [-0.39, 0.29) is 17.6 Å². The summed E-state index contributed by atoms with van der Waals surface area (Å²) in [5.74, 6) is -1.74. The molecule has 202 valence electrons. The molecule has 4 rings (SSSR count). The number of anilines is 3. The van der Waals surface area contributed by atoms with Crippen molar-refractivity contribution in [1.82, 2.24) is 29.8 Å². The highest BCUT2D eigenvalue weighted by atomic mass is 19.4. The molecule has 0 unspecified atom stereocenters. The number of hydrogen-bond acceptors (Lipinski definition) is 7. The summed E-state index contributed by atoms with van der Waals surface area (Å²) in [5.41, 5.74) is 0.723. The fourth-order valence-corrected chi connectivity index (χ4v) is 3.73. The summed E-state index contributed by atoms with van der Waals surface area (Å²) in [6.07, 6.45) is -0.452. The van der Waals surface area contributed by atoms with Gasteiger partial charge in [0.1, 0.15) is 17.5 Å². The lowest BCUT2D eigenvalue weighted by Gasteiger charge is -2.38. The van der Waals surface area contributed by atoms with Crippen LogP contribution in [0.5, 0.6) is 0 Å². The van der Waals surface area contributed by atoms with E-state index in [2.05, 4.69) is 35.1 Å². The third-order valence-corrected chi connectivity index (χ3v) is 5.41. The molecule has 0 amide bonds. The standard InChI is InChI=1S/C22H25F5N8.C2H6/c1-14-29-10-17(30-14)11-34(2)7-3-4-16-9-19(33-20(31-16)35-12-21(23,24)13-35)32-18-8-15(5-6-28-18)22(25,26)27;1-2/h5-6,8-10H,3-4,7,11-13H2,1-2H3,(H,29,30)(H,28,31,32,33);1-2H3. The molecule has 8 nitrogen and oxygen atoms in total. The number of pyridine rings is 1. The number of aromatic amines is 1. The summed E-state index contributed by atoms with van der Waals surface area (Å²) < 4.78 is 65.9. The summed E-state index contributed by atoms with van der Waals surface area (Å²) in [4.78, 5) is 23.4. The summed E-state index contributed by atoms with van der Waals surface area (Å²) in [6.45, 7) is 6.28. The zero-order valence-corrected chi connectivity index (χ0v) is 21.2. The second kappa shape index (κ2) is 11.8. The van der Waals surface area contributed by atoms with Crippen LogP contribution in [-0.2, 0) is 19.1 Å². The van der Waals surface area contributed by atoms with Crippen LogP contribution in [0.2, 0.25) is 0 Å². The van der Waals surface area contributed by atoms with Gasteiger partial charge in [-0.2, -0.15) is 18.2 Å². The Balaban J connectivity index is 0.00000186. The molecule has 0 spiro atoms. The lowest BCUT2D eigenvalue weighted by molar-refractivity contribution is -0.137. The van der Waals surface area contributed by atoms with E-state index < -0.39 is 30.8 Å². The second-order valence-corrected chi connectivity index (χ2v) is 8.64. The van der Waals surface area contributed by atoms with E-state index >= 15 is 0 Å². The molecule has 0 radical (unpaired) electrons. The zero-order valence-electron chi connectivity index (χ0n) is 21.2. The minimum absolute atomic E-state index is 0.0565. The van der Waals surface area contributed by atoms with Crippen LogP contribution in [0.4, 0.5) is 39.5 Å². The molecule has 4 heterocycles. The van der Waals surface area contributed by atoms with Gasteiger partial charge in [0.05, 0.1) is 18.7 Å². The maximum absolute atomic E-state index is 13.4. The van der Waals surface area contributed by atoms with Crippen molar-refractivity contribution in [3.05, 3.63) is 53.4 Å². The number of nitrogens with one attached hydrogen (secondary N) is 2. The van der Waals surface area contributed by atoms with Gasteiger partial charge in [-0.3, -0.25) is 0 Å². The highest BCUT2D eigenvalue weighted by Gasteiger charge is 2.45. The number of aromatic nitrogens is 5. The van der Waals surface area contributed by atoms with E-state index in [1.165, 1.54) is 4.90 Å². The van der Waals surface area contributed by atoms with Crippen LogP contribution in [0.3, 0.4) is 0 Å². The summed E-state index contributed by atoms with van der Waals surface area (Å²) in [5, 5.41) is 2.76. The number of alkyl halides is 5. The van der Waals surface area contributed by atoms with Crippen molar-refractivity contribution in [2.75, 3.05) is 36.9 Å². The number of rotatable bonds is 9. The first kappa shape index (κ1) is 28.2. The Hall–Kier alpha value is -3.35. The average Bonchev–Trinajstić information content (AvgIpc) is 3.22. The van der Waals surface area contributed by atoms with Crippen molar-refractivity contribution in [1.29, 1.82) is 0 Å². The van der Waals surface area contributed by atoms with E-state index in [4.69, 9.17) is 0 Å². The molecule has 3 aromatic rings. The third kappa shape index (κ3) is 8.07. The molecular formula is C24H31F5N8. The highest BCUT2D eigenvalue weighted by Crippen LogP contribution is 2.32. The Morgan fingerprint density at radius 1 is 1.11 bits per heavy atom. The summed E-state index contributed by atoms with van der Waals surface area (Å²) in [6, 6.07) is 3.33. The van der Waals surface area contributed by atoms with Crippen LogP contribution >= 0.6 is 0 Å². The molecule has 3 aromatic heterocycles. The number of aryl methyl sites for hydroxylation is 2. The van der Waals surface area contributed by atoms with Crippen molar-refractivity contribution in [2.45, 2.75) is 52.3 Å². The third-order valence-electron chi connectivity index (χ3n) is 5.41. The molecule has 0 aliphatic carbocycles. The van der Waals surface area contributed by atoms with Gasteiger partial charge in [-0.05, 0) is 45.5 Å². The van der Waals surface area contributed by atoms with Crippen molar-refractivity contribution in [3.63, 3.8) is 0 Å². The molecule has 0 aromatic carbocycles. The van der Waals surface area contributed by atoms with Gasteiger partial charge in [0.25, 0.3) is 5.92 Å². The van der Waals surface area contributed by atoms with Crippen LogP contribution < -0.4 is 10.2 Å². The molecule has 37 heavy (non-hydrogen) atoms. The fourth-order valence-electron chi connectivity index (χ4n) is 3.73. The normalized spacial score (nSPS) is 14.7. The quantitative estimate of drug-likeness (QED) is 0.370. The lowest BCUT2D eigenvalue weighted by atomic mass is 10.1. The smallest absolute Gasteiger partial charge is 0.345 e. The molecule has 1 saturated heterocycles. The maximum Gasteiger partial charge on any atom is 0.416 e. The molecule has 13 heteroatoms. The number of H-pyrrole nitrogens is 1. The Labute approximate surface area is 212 Å². The second-order valence-electron chi connectivity index (χ2n) is 8.64. The zero-order chi connectivity index (χ0) is 27.2. The van der Waals surface area contributed by atoms with E-state index in [9.17, 15) is 22.0 Å². The molecule has 0 bridgehead atoms. The van der Waals surface area contributed by atoms with E-state index in [1.54, 1.807) is 12.3 Å². The summed E-state index contributed by atoms with van der Waals surface area (Å²) in [7, 11) is 1.97.